The monoisotopic (exact) mass is 380 g/mol. The Hall–Kier alpha value is -0.800. The summed E-state index contributed by atoms with van der Waals surface area (Å²) in [5.74, 6) is 3.64. The van der Waals surface area contributed by atoms with Gasteiger partial charge in [0.15, 0.2) is 0 Å². The second kappa shape index (κ2) is 9.94. The van der Waals surface area contributed by atoms with Gasteiger partial charge in [-0.25, -0.2) is 0 Å². The molecule has 0 aromatic rings. The van der Waals surface area contributed by atoms with Gasteiger partial charge in [-0.05, 0) is 89.4 Å². The van der Waals surface area contributed by atoms with E-state index in [-0.39, 0.29) is 18.3 Å². The van der Waals surface area contributed by atoms with E-state index in [1.165, 1.54) is 43.3 Å². The molecule has 0 spiro atoms. The van der Waals surface area contributed by atoms with Crippen molar-refractivity contribution in [3.05, 3.63) is 23.3 Å². The molecule has 0 saturated heterocycles. The summed E-state index contributed by atoms with van der Waals surface area (Å²) in [6, 6.07) is 0.462. The first-order valence-corrected chi connectivity index (χ1v) is 10.3. The minimum atomic E-state index is 0. The third kappa shape index (κ3) is 5.85. The molecule has 4 saturated carbocycles. The first kappa shape index (κ1) is 21.5. The number of nitrogens with one attached hydrogen (secondary N) is 2. The normalized spacial score (nSPS) is 32.1. The molecule has 2 N–H and O–H groups in total. The fourth-order valence-electron chi connectivity index (χ4n) is 5.52. The SMILES string of the molecule is CC(C)=CCCC(C)=CCNCC(=O)NC1C2CC3CC(C2)CC1C3.Cl. The van der Waals surface area contributed by atoms with Crippen molar-refractivity contribution in [3.8, 4) is 0 Å². The van der Waals surface area contributed by atoms with Crippen LogP contribution in [0.25, 0.3) is 0 Å². The van der Waals surface area contributed by atoms with Crippen LogP contribution in [0.1, 0.15) is 65.7 Å². The van der Waals surface area contributed by atoms with Gasteiger partial charge in [-0.3, -0.25) is 4.79 Å². The molecule has 0 radical (unpaired) electrons. The minimum absolute atomic E-state index is 0. The Labute approximate surface area is 165 Å². The average molecular weight is 381 g/mol. The molecule has 0 atom stereocenters. The Balaban J connectivity index is 0.00000243. The smallest absolute Gasteiger partial charge is 0.234 e. The lowest BCUT2D eigenvalue weighted by Gasteiger charge is -2.54. The molecule has 0 unspecified atom stereocenters. The molecule has 0 aromatic heterocycles. The van der Waals surface area contributed by atoms with Gasteiger partial charge < -0.3 is 10.6 Å². The van der Waals surface area contributed by atoms with E-state index >= 15 is 0 Å². The minimum Gasteiger partial charge on any atom is -0.352 e. The van der Waals surface area contributed by atoms with Gasteiger partial charge >= 0.3 is 0 Å². The maximum Gasteiger partial charge on any atom is 0.234 e. The third-order valence-electron chi connectivity index (χ3n) is 6.53. The van der Waals surface area contributed by atoms with Gasteiger partial charge in [0.2, 0.25) is 5.91 Å². The zero-order valence-electron chi connectivity index (χ0n) is 16.7. The number of hydrogen-bond donors (Lipinski definition) is 2. The standard InChI is InChI=1S/C22H36N2O.ClH/c1-15(2)5-4-6-16(3)7-8-23-14-21(25)24-22-19-10-17-9-18(12-19)13-20(22)11-17;/h5,7,17-20,22-23H,4,6,8-14H2,1-3H3,(H,24,25);1H. The zero-order valence-corrected chi connectivity index (χ0v) is 17.5. The van der Waals surface area contributed by atoms with Gasteiger partial charge in [0.1, 0.15) is 0 Å². The summed E-state index contributed by atoms with van der Waals surface area (Å²) < 4.78 is 0. The van der Waals surface area contributed by atoms with E-state index in [1.54, 1.807) is 0 Å². The average Bonchev–Trinajstić information content (AvgIpc) is 2.54. The molecule has 3 nitrogen and oxygen atoms in total. The van der Waals surface area contributed by atoms with E-state index < -0.39 is 0 Å². The molecule has 4 fully saturated rings. The summed E-state index contributed by atoms with van der Waals surface area (Å²) in [6.07, 6.45) is 13.6. The summed E-state index contributed by atoms with van der Waals surface area (Å²) in [5, 5.41) is 6.65. The maximum atomic E-state index is 12.3. The van der Waals surface area contributed by atoms with E-state index in [2.05, 4.69) is 43.6 Å². The number of carbonyl (C=O) groups excluding carboxylic acids is 1. The Bertz CT molecular complexity index is 508. The van der Waals surface area contributed by atoms with Crippen molar-refractivity contribution in [1.29, 1.82) is 0 Å². The molecule has 148 valence electrons. The van der Waals surface area contributed by atoms with Gasteiger partial charge in [0.05, 0.1) is 6.54 Å². The highest BCUT2D eigenvalue weighted by Gasteiger charge is 2.48. The lowest BCUT2D eigenvalue weighted by Crippen LogP contribution is -2.56. The van der Waals surface area contributed by atoms with E-state index in [0.717, 1.165) is 43.1 Å². The number of rotatable bonds is 8. The van der Waals surface area contributed by atoms with Gasteiger partial charge in [-0.1, -0.05) is 23.3 Å². The van der Waals surface area contributed by atoms with Gasteiger partial charge in [0.25, 0.3) is 0 Å². The molecule has 26 heavy (non-hydrogen) atoms. The topological polar surface area (TPSA) is 41.1 Å². The van der Waals surface area contributed by atoms with Crippen LogP contribution in [0, 0.1) is 23.7 Å². The highest BCUT2D eigenvalue weighted by Crippen LogP contribution is 2.53. The summed E-state index contributed by atoms with van der Waals surface area (Å²) in [4.78, 5) is 12.3. The Morgan fingerprint density at radius 1 is 0.962 bits per heavy atom. The van der Waals surface area contributed by atoms with Crippen molar-refractivity contribution in [3.63, 3.8) is 0 Å². The van der Waals surface area contributed by atoms with Crippen LogP contribution in [0.2, 0.25) is 0 Å². The van der Waals surface area contributed by atoms with Crippen LogP contribution in [-0.4, -0.2) is 25.0 Å². The van der Waals surface area contributed by atoms with E-state index in [9.17, 15) is 4.79 Å². The molecular formula is C22H37ClN2O. The van der Waals surface area contributed by atoms with Gasteiger partial charge in [-0.15, -0.1) is 12.4 Å². The predicted octanol–water partition coefficient (Wildman–Crippen LogP) is 4.63. The fraction of sp³-hybridized carbons (Fsp3) is 0.773. The summed E-state index contributed by atoms with van der Waals surface area (Å²) >= 11 is 0. The molecule has 4 rings (SSSR count). The lowest BCUT2D eigenvalue weighted by atomic mass is 9.54. The van der Waals surface area contributed by atoms with Crippen LogP contribution in [0.4, 0.5) is 0 Å². The summed E-state index contributed by atoms with van der Waals surface area (Å²) in [7, 11) is 0. The fourth-order valence-corrected chi connectivity index (χ4v) is 5.52. The van der Waals surface area contributed by atoms with Crippen LogP contribution in [-0.2, 0) is 4.79 Å². The first-order chi connectivity index (χ1) is 12.0. The second-order valence-electron chi connectivity index (χ2n) is 9.03. The lowest BCUT2D eigenvalue weighted by molar-refractivity contribution is -0.124. The molecule has 0 aliphatic heterocycles. The molecular weight excluding hydrogens is 344 g/mol. The van der Waals surface area contributed by atoms with E-state index in [1.807, 2.05) is 0 Å². The number of allylic oxidation sites excluding steroid dienone is 3. The van der Waals surface area contributed by atoms with Crippen LogP contribution in [0.15, 0.2) is 23.3 Å². The molecule has 4 bridgehead atoms. The van der Waals surface area contributed by atoms with Crippen molar-refractivity contribution >= 4 is 18.3 Å². The van der Waals surface area contributed by atoms with Crippen LogP contribution in [0.3, 0.4) is 0 Å². The van der Waals surface area contributed by atoms with E-state index in [0.29, 0.717) is 12.6 Å². The van der Waals surface area contributed by atoms with E-state index in [4.69, 9.17) is 0 Å². The predicted molar refractivity (Wildman–Crippen MR) is 112 cm³/mol. The molecule has 1 amide bonds. The van der Waals surface area contributed by atoms with Crippen molar-refractivity contribution in [2.75, 3.05) is 13.1 Å². The summed E-state index contributed by atoms with van der Waals surface area (Å²) in [5.41, 5.74) is 2.78. The largest absolute Gasteiger partial charge is 0.352 e. The maximum absolute atomic E-state index is 12.3. The molecule has 0 heterocycles. The van der Waals surface area contributed by atoms with Crippen LogP contribution >= 0.6 is 12.4 Å². The van der Waals surface area contributed by atoms with Crippen molar-refractivity contribution in [2.24, 2.45) is 23.7 Å². The number of hydrogen-bond acceptors (Lipinski definition) is 2. The second-order valence-corrected chi connectivity index (χ2v) is 9.03. The highest BCUT2D eigenvalue weighted by atomic mass is 35.5. The summed E-state index contributed by atoms with van der Waals surface area (Å²) in [6.45, 7) is 7.69. The molecule has 4 aliphatic carbocycles. The third-order valence-corrected chi connectivity index (χ3v) is 6.53. The van der Waals surface area contributed by atoms with Crippen LogP contribution in [0.5, 0.6) is 0 Å². The van der Waals surface area contributed by atoms with Crippen molar-refractivity contribution in [2.45, 2.75) is 71.8 Å². The quantitative estimate of drug-likeness (QED) is 0.476. The Morgan fingerprint density at radius 3 is 2.15 bits per heavy atom. The van der Waals surface area contributed by atoms with Gasteiger partial charge in [0, 0.05) is 12.6 Å². The first-order valence-electron chi connectivity index (χ1n) is 10.3. The zero-order chi connectivity index (χ0) is 17.8. The van der Waals surface area contributed by atoms with Crippen LogP contribution < -0.4 is 10.6 Å². The Morgan fingerprint density at radius 2 is 1.58 bits per heavy atom. The molecule has 4 heteroatoms. The Kier molecular flexibility index (Phi) is 8.22. The molecule has 0 aromatic carbocycles. The molecule has 4 aliphatic rings. The van der Waals surface area contributed by atoms with Crippen molar-refractivity contribution in [1.82, 2.24) is 10.6 Å². The number of amides is 1. The number of carbonyl (C=O) groups is 1. The highest BCUT2D eigenvalue weighted by molar-refractivity contribution is 5.85. The van der Waals surface area contributed by atoms with Crippen molar-refractivity contribution < 1.29 is 4.79 Å². The number of halogens is 1. The van der Waals surface area contributed by atoms with Gasteiger partial charge in [-0.2, -0.15) is 0 Å².